The molecule has 0 aliphatic heterocycles. The van der Waals surface area contributed by atoms with Gasteiger partial charge in [-0.05, 0) is 73.5 Å². The maximum absolute atomic E-state index is 2.69. The summed E-state index contributed by atoms with van der Waals surface area (Å²) in [7, 11) is 0. The van der Waals surface area contributed by atoms with Crippen molar-refractivity contribution in [2.75, 3.05) is 26.2 Å². The van der Waals surface area contributed by atoms with Gasteiger partial charge in [-0.2, -0.15) is 0 Å². The fourth-order valence-corrected chi connectivity index (χ4v) is 5.13. The molecule has 206 valence electrons. The third kappa shape index (κ3) is 10.8. The van der Waals surface area contributed by atoms with Crippen molar-refractivity contribution in [2.24, 2.45) is 0 Å². The van der Waals surface area contributed by atoms with E-state index in [1.807, 2.05) is 0 Å². The molecule has 0 saturated heterocycles. The average molecular weight is 513 g/mol. The largest absolute Gasteiger partial charge is 0.302 e. The Hall–Kier alpha value is -2.42. The quantitative estimate of drug-likeness (QED) is 0.157. The first-order valence-corrected chi connectivity index (χ1v) is 15.3. The number of hydrogen-bond donors (Lipinski definition) is 0. The SMILES string of the molecule is CCCCCc1ccc(CN(CCN(CCCC)CCCC)Cc2ccc(-c3cccc(C)c3)cc2)cc1. The first-order chi connectivity index (χ1) is 18.6. The molecule has 38 heavy (non-hydrogen) atoms. The predicted octanol–water partition coefficient (Wildman–Crippen LogP) is 9.30. The van der Waals surface area contributed by atoms with E-state index in [0.717, 1.165) is 26.2 Å². The Labute approximate surface area is 234 Å². The van der Waals surface area contributed by atoms with Gasteiger partial charge >= 0.3 is 0 Å². The van der Waals surface area contributed by atoms with Crippen LogP contribution in [0.1, 0.15) is 88.0 Å². The average Bonchev–Trinajstić information content (AvgIpc) is 2.94. The van der Waals surface area contributed by atoms with Gasteiger partial charge in [0.15, 0.2) is 0 Å². The Bertz CT molecular complexity index is 1010. The van der Waals surface area contributed by atoms with Gasteiger partial charge in [0.05, 0.1) is 0 Å². The van der Waals surface area contributed by atoms with E-state index in [0.29, 0.717) is 0 Å². The number of benzene rings is 3. The van der Waals surface area contributed by atoms with Crippen LogP contribution in [-0.4, -0.2) is 36.0 Å². The van der Waals surface area contributed by atoms with Crippen LogP contribution in [0.25, 0.3) is 11.1 Å². The highest BCUT2D eigenvalue weighted by Gasteiger charge is 2.12. The second-order valence-electron chi connectivity index (χ2n) is 11.1. The van der Waals surface area contributed by atoms with E-state index in [2.05, 4.69) is 110 Å². The third-order valence-electron chi connectivity index (χ3n) is 7.60. The lowest BCUT2D eigenvalue weighted by atomic mass is 10.0. The molecule has 0 saturated carbocycles. The summed E-state index contributed by atoms with van der Waals surface area (Å²) in [6, 6.07) is 27.5. The summed E-state index contributed by atoms with van der Waals surface area (Å²) in [5.74, 6) is 0. The summed E-state index contributed by atoms with van der Waals surface area (Å²) >= 11 is 0. The number of nitrogens with zero attached hydrogens (tertiary/aromatic N) is 2. The minimum absolute atomic E-state index is 0.988. The van der Waals surface area contributed by atoms with Crippen LogP contribution in [0.5, 0.6) is 0 Å². The summed E-state index contributed by atoms with van der Waals surface area (Å²) in [6.07, 6.45) is 10.2. The standard InChI is InChI=1S/C36H52N2/c1-5-8-11-14-32-16-18-33(19-17-32)29-38(27-26-37(24-9-6-2)25-10-7-3)30-34-20-22-35(23-21-34)36-15-12-13-31(4)28-36/h12-13,15-23,28H,5-11,14,24-27,29-30H2,1-4H3. The van der Waals surface area contributed by atoms with Crippen LogP contribution >= 0.6 is 0 Å². The summed E-state index contributed by atoms with van der Waals surface area (Å²) in [6.45, 7) is 15.7. The molecule has 3 rings (SSSR count). The van der Waals surface area contributed by atoms with Crippen molar-refractivity contribution < 1.29 is 0 Å². The van der Waals surface area contributed by atoms with Crippen molar-refractivity contribution in [1.29, 1.82) is 0 Å². The molecule has 0 aliphatic carbocycles. The second-order valence-corrected chi connectivity index (χ2v) is 11.1. The molecule has 0 N–H and O–H groups in total. The predicted molar refractivity (Wildman–Crippen MR) is 167 cm³/mol. The second kappa shape index (κ2) is 17.2. The summed E-state index contributed by atoms with van der Waals surface area (Å²) in [5.41, 5.74) is 8.21. The fraction of sp³-hybridized carbons (Fsp3) is 0.500. The molecule has 0 atom stereocenters. The minimum atomic E-state index is 0.988. The first kappa shape index (κ1) is 30.1. The van der Waals surface area contributed by atoms with Gasteiger partial charge in [0.25, 0.3) is 0 Å². The molecule has 0 amide bonds. The van der Waals surface area contributed by atoms with Gasteiger partial charge in [0, 0.05) is 26.2 Å². The highest BCUT2D eigenvalue weighted by molar-refractivity contribution is 5.64. The van der Waals surface area contributed by atoms with E-state index in [-0.39, 0.29) is 0 Å². The van der Waals surface area contributed by atoms with Gasteiger partial charge in [0.2, 0.25) is 0 Å². The van der Waals surface area contributed by atoms with Gasteiger partial charge in [-0.3, -0.25) is 4.90 Å². The van der Waals surface area contributed by atoms with Gasteiger partial charge < -0.3 is 4.90 Å². The van der Waals surface area contributed by atoms with E-state index >= 15 is 0 Å². The molecule has 0 unspecified atom stereocenters. The topological polar surface area (TPSA) is 6.48 Å². The highest BCUT2D eigenvalue weighted by Crippen LogP contribution is 2.22. The molecule has 0 radical (unpaired) electrons. The monoisotopic (exact) mass is 512 g/mol. The number of rotatable bonds is 18. The van der Waals surface area contributed by atoms with Crippen LogP contribution in [0.15, 0.2) is 72.8 Å². The molecule has 0 fully saturated rings. The van der Waals surface area contributed by atoms with Gasteiger partial charge in [-0.1, -0.05) is 125 Å². The van der Waals surface area contributed by atoms with Crippen molar-refractivity contribution in [2.45, 2.75) is 92.2 Å². The maximum atomic E-state index is 2.69. The van der Waals surface area contributed by atoms with Crippen LogP contribution < -0.4 is 0 Å². The van der Waals surface area contributed by atoms with Gasteiger partial charge in [-0.25, -0.2) is 0 Å². The molecule has 0 spiro atoms. The zero-order valence-electron chi connectivity index (χ0n) is 24.7. The minimum Gasteiger partial charge on any atom is -0.302 e. The number of aryl methyl sites for hydroxylation is 2. The Morgan fingerprint density at radius 1 is 0.500 bits per heavy atom. The van der Waals surface area contributed by atoms with Gasteiger partial charge in [0.1, 0.15) is 0 Å². The molecule has 0 aliphatic rings. The molecule has 2 heteroatoms. The Kier molecular flexibility index (Phi) is 13.7. The van der Waals surface area contributed by atoms with Crippen molar-refractivity contribution in [1.82, 2.24) is 9.80 Å². The lowest BCUT2D eigenvalue weighted by Crippen LogP contribution is -2.36. The van der Waals surface area contributed by atoms with Crippen molar-refractivity contribution in [3.8, 4) is 11.1 Å². The van der Waals surface area contributed by atoms with Crippen LogP contribution in [0, 0.1) is 6.92 Å². The van der Waals surface area contributed by atoms with Crippen LogP contribution in [0.2, 0.25) is 0 Å². The van der Waals surface area contributed by atoms with Gasteiger partial charge in [-0.15, -0.1) is 0 Å². The van der Waals surface area contributed by atoms with Crippen molar-refractivity contribution in [3.63, 3.8) is 0 Å². The van der Waals surface area contributed by atoms with E-state index in [4.69, 9.17) is 0 Å². The normalized spacial score (nSPS) is 11.5. The summed E-state index contributed by atoms with van der Waals surface area (Å²) < 4.78 is 0. The summed E-state index contributed by atoms with van der Waals surface area (Å²) in [4.78, 5) is 5.34. The summed E-state index contributed by atoms with van der Waals surface area (Å²) in [5, 5.41) is 0. The molecular formula is C36H52N2. The fourth-order valence-electron chi connectivity index (χ4n) is 5.13. The van der Waals surface area contributed by atoms with Crippen molar-refractivity contribution in [3.05, 3.63) is 95.1 Å². The zero-order chi connectivity index (χ0) is 27.0. The van der Waals surface area contributed by atoms with Crippen LogP contribution in [0.4, 0.5) is 0 Å². The molecule has 3 aromatic carbocycles. The van der Waals surface area contributed by atoms with E-state index in [1.165, 1.54) is 97.8 Å². The molecule has 2 nitrogen and oxygen atoms in total. The number of hydrogen-bond acceptors (Lipinski definition) is 2. The maximum Gasteiger partial charge on any atom is 0.0237 e. The first-order valence-electron chi connectivity index (χ1n) is 15.3. The molecular weight excluding hydrogens is 460 g/mol. The Morgan fingerprint density at radius 2 is 1.05 bits per heavy atom. The third-order valence-corrected chi connectivity index (χ3v) is 7.60. The Morgan fingerprint density at radius 3 is 1.63 bits per heavy atom. The van der Waals surface area contributed by atoms with E-state index < -0.39 is 0 Å². The van der Waals surface area contributed by atoms with Crippen LogP contribution in [-0.2, 0) is 19.5 Å². The van der Waals surface area contributed by atoms with Crippen LogP contribution in [0.3, 0.4) is 0 Å². The molecule has 3 aromatic rings. The smallest absolute Gasteiger partial charge is 0.0237 e. The van der Waals surface area contributed by atoms with E-state index in [9.17, 15) is 0 Å². The Balaban J connectivity index is 1.69. The zero-order valence-corrected chi connectivity index (χ0v) is 24.7. The van der Waals surface area contributed by atoms with E-state index in [1.54, 1.807) is 0 Å². The molecule has 0 aromatic heterocycles. The molecule has 0 bridgehead atoms. The molecule has 0 heterocycles. The lowest BCUT2D eigenvalue weighted by molar-refractivity contribution is 0.189. The number of unbranched alkanes of at least 4 members (excludes halogenated alkanes) is 4. The lowest BCUT2D eigenvalue weighted by Gasteiger charge is -2.28. The van der Waals surface area contributed by atoms with Crippen molar-refractivity contribution >= 4 is 0 Å². The highest BCUT2D eigenvalue weighted by atomic mass is 15.2.